The monoisotopic (exact) mass is 352 g/mol. The fraction of sp³-hybridized carbons (Fsp3) is 0.800. The Morgan fingerprint density at radius 3 is 2.04 bits per heavy atom. The molecule has 0 radical (unpaired) electrons. The Labute approximate surface area is 147 Å². The number of hydrogen-bond donors (Lipinski definition) is 0. The lowest BCUT2D eigenvalue weighted by Crippen LogP contribution is -2.46. The van der Waals surface area contributed by atoms with Crippen molar-refractivity contribution in [2.75, 3.05) is 0 Å². The van der Waals surface area contributed by atoms with Crippen molar-refractivity contribution in [3.8, 4) is 0 Å². The Kier molecular flexibility index (Phi) is 6.04. The summed E-state index contributed by atoms with van der Waals surface area (Å²) in [4.78, 5) is 0. The average molecular weight is 353 g/mol. The van der Waals surface area contributed by atoms with E-state index in [1.165, 1.54) is 23.2 Å². The van der Waals surface area contributed by atoms with Crippen LogP contribution in [0.1, 0.15) is 54.9 Å². The second-order valence-electron chi connectivity index (χ2n) is 9.98. The van der Waals surface area contributed by atoms with Crippen molar-refractivity contribution < 1.29 is 4.43 Å². The Balaban J connectivity index is 3.14. The topological polar surface area (TPSA) is 9.23 Å². The highest BCUT2D eigenvalue weighted by Gasteiger charge is 2.47. The molecule has 1 nitrogen and oxygen atoms in total. The predicted molar refractivity (Wildman–Crippen MR) is 110 cm³/mol. The normalized spacial score (nSPS) is 24.5. The van der Waals surface area contributed by atoms with Crippen LogP contribution in [0, 0.1) is 5.41 Å². The fourth-order valence-corrected chi connectivity index (χ4v) is 6.50. The number of rotatable bonds is 5. The van der Waals surface area contributed by atoms with Crippen LogP contribution in [-0.2, 0) is 4.43 Å². The third-order valence-electron chi connectivity index (χ3n) is 6.44. The predicted octanol–water partition coefficient (Wildman–Crippen LogP) is 6.95. The molecular weight excluding hydrogens is 312 g/mol. The van der Waals surface area contributed by atoms with Crippen LogP contribution in [-0.4, -0.2) is 22.5 Å². The summed E-state index contributed by atoms with van der Waals surface area (Å²) < 4.78 is 6.82. The van der Waals surface area contributed by atoms with E-state index in [9.17, 15) is 0 Å². The lowest BCUT2D eigenvalue weighted by Gasteiger charge is -2.42. The Morgan fingerprint density at radius 2 is 1.65 bits per heavy atom. The van der Waals surface area contributed by atoms with Gasteiger partial charge in [-0.15, -0.1) is 0 Å². The van der Waals surface area contributed by atoms with Gasteiger partial charge in [-0.25, -0.2) is 0 Å². The van der Waals surface area contributed by atoms with Crippen molar-refractivity contribution in [3.63, 3.8) is 0 Å². The van der Waals surface area contributed by atoms with Gasteiger partial charge in [-0.2, -0.15) is 0 Å². The van der Waals surface area contributed by atoms with Crippen LogP contribution in [0.15, 0.2) is 23.4 Å². The summed E-state index contributed by atoms with van der Waals surface area (Å²) in [6, 6.07) is 2.63. The first-order valence-corrected chi connectivity index (χ1v) is 15.2. The second-order valence-corrected chi connectivity index (χ2v) is 19.7. The molecule has 23 heavy (non-hydrogen) atoms. The van der Waals surface area contributed by atoms with E-state index < -0.39 is 16.4 Å². The maximum absolute atomic E-state index is 6.82. The largest absolute Gasteiger partial charge is 0.409 e. The average Bonchev–Trinajstić information content (AvgIpc) is 2.60. The first-order chi connectivity index (χ1) is 10.2. The molecule has 0 aromatic rings. The van der Waals surface area contributed by atoms with Crippen molar-refractivity contribution in [1.82, 2.24) is 0 Å². The van der Waals surface area contributed by atoms with E-state index in [1.807, 2.05) is 0 Å². The first-order valence-electron chi connectivity index (χ1n) is 9.28. The minimum atomic E-state index is -1.78. The molecule has 1 atom stereocenters. The van der Waals surface area contributed by atoms with E-state index in [-0.39, 0.29) is 16.6 Å². The highest BCUT2D eigenvalue weighted by Crippen LogP contribution is 2.50. The van der Waals surface area contributed by atoms with Crippen molar-refractivity contribution in [2.24, 2.45) is 5.41 Å². The van der Waals surface area contributed by atoms with Gasteiger partial charge in [0.05, 0.1) is 14.2 Å². The minimum Gasteiger partial charge on any atom is -0.409 e. The standard InChI is InChI=1S/C20H40OSi2/c1-12-23(11,13-2)15-17-14-20(7,8)18(16(17)3)21-22(9,10)19(4,5)6/h15,18H,3,12-14H2,1-2,4-11H3/b17-15+. The summed E-state index contributed by atoms with van der Waals surface area (Å²) in [6.07, 6.45) is 1.30. The minimum absolute atomic E-state index is 0.162. The lowest BCUT2D eigenvalue weighted by atomic mass is 9.89. The molecule has 1 rings (SSSR count). The van der Waals surface area contributed by atoms with Crippen LogP contribution in [0.4, 0.5) is 0 Å². The highest BCUT2D eigenvalue weighted by atomic mass is 28.4. The zero-order valence-corrected chi connectivity index (χ0v) is 19.4. The molecule has 134 valence electrons. The van der Waals surface area contributed by atoms with Gasteiger partial charge in [-0.1, -0.05) is 79.4 Å². The van der Waals surface area contributed by atoms with Gasteiger partial charge >= 0.3 is 0 Å². The van der Waals surface area contributed by atoms with Gasteiger partial charge in [0.1, 0.15) is 0 Å². The van der Waals surface area contributed by atoms with E-state index in [2.05, 4.69) is 80.4 Å². The molecule has 1 aliphatic carbocycles. The molecular formula is C20H40OSi2. The molecule has 1 saturated carbocycles. The molecule has 0 amide bonds. The molecule has 1 fully saturated rings. The Hall–Kier alpha value is -0.126. The van der Waals surface area contributed by atoms with Gasteiger partial charge in [-0.3, -0.25) is 0 Å². The summed E-state index contributed by atoms with van der Waals surface area (Å²) in [5.74, 6) is 0. The van der Waals surface area contributed by atoms with E-state index in [1.54, 1.807) is 0 Å². The maximum Gasteiger partial charge on any atom is 0.192 e. The van der Waals surface area contributed by atoms with Crippen LogP contribution in [0.5, 0.6) is 0 Å². The molecule has 0 aliphatic heterocycles. The summed E-state index contributed by atoms with van der Waals surface area (Å²) >= 11 is 0. The maximum atomic E-state index is 6.82. The van der Waals surface area contributed by atoms with E-state index in [0.29, 0.717) is 0 Å². The molecule has 0 saturated heterocycles. The third kappa shape index (κ3) is 4.49. The van der Waals surface area contributed by atoms with Crippen molar-refractivity contribution in [1.29, 1.82) is 0 Å². The first kappa shape index (κ1) is 20.9. The molecule has 1 aliphatic rings. The second kappa shape index (κ2) is 6.64. The molecule has 0 N–H and O–H groups in total. The van der Waals surface area contributed by atoms with Gasteiger partial charge in [0.25, 0.3) is 0 Å². The summed E-state index contributed by atoms with van der Waals surface area (Å²) in [5.41, 5.74) is 5.55. The molecule has 1 unspecified atom stereocenters. The van der Waals surface area contributed by atoms with Gasteiger partial charge in [-0.05, 0) is 41.1 Å². The van der Waals surface area contributed by atoms with Crippen LogP contribution < -0.4 is 0 Å². The van der Waals surface area contributed by atoms with Gasteiger partial charge in [0.15, 0.2) is 8.32 Å². The van der Waals surface area contributed by atoms with Crippen molar-refractivity contribution in [3.05, 3.63) is 23.4 Å². The molecule has 0 heterocycles. The van der Waals surface area contributed by atoms with Gasteiger partial charge < -0.3 is 4.43 Å². The van der Waals surface area contributed by atoms with Crippen LogP contribution in [0.2, 0.25) is 36.8 Å². The van der Waals surface area contributed by atoms with Crippen LogP contribution in [0.25, 0.3) is 0 Å². The van der Waals surface area contributed by atoms with E-state index in [4.69, 9.17) is 4.43 Å². The van der Waals surface area contributed by atoms with Crippen molar-refractivity contribution in [2.45, 2.75) is 97.8 Å². The molecule has 0 bridgehead atoms. The van der Waals surface area contributed by atoms with Gasteiger partial charge in [0.2, 0.25) is 0 Å². The SMILES string of the molecule is C=C1/C(=C/[Si](C)(CC)CC)CC(C)(C)C1O[Si](C)(C)C(C)(C)C. The van der Waals surface area contributed by atoms with Crippen LogP contribution in [0.3, 0.4) is 0 Å². The van der Waals surface area contributed by atoms with E-state index in [0.717, 1.165) is 6.42 Å². The molecule has 0 aromatic carbocycles. The zero-order valence-electron chi connectivity index (χ0n) is 17.4. The van der Waals surface area contributed by atoms with Gasteiger partial charge in [0, 0.05) is 0 Å². The van der Waals surface area contributed by atoms with Crippen molar-refractivity contribution >= 4 is 16.4 Å². The number of hydrogen-bond acceptors (Lipinski definition) is 1. The molecule has 0 aromatic heterocycles. The molecule has 3 heteroatoms. The summed E-state index contributed by atoms with van der Waals surface area (Å²) in [6.45, 7) is 28.1. The molecule has 0 spiro atoms. The summed E-state index contributed by atoms with van der Waals surface area (Å²) in [7, 11) is -3.04. The summed E-state index contributed by atoms with van der Waals surface area (Å²) in [5, 5.41) is 0.242. The smallest absolute Gasteiger partial charge is 0.192 e. The lowest BCUT2D eigenvalue weighted by molar-refractivity contribution is 0.113. The quantitative estimate of drug-likeness (QED) is 0.486. The third-order valence-corrected chi connectivity index (χ3v) is 15.2. The Morgan fingerprint density at radius 1 is 1.17 bits per heavy atom. The Bertz CT molecular complexity index is 476. The van der Waals surface area contributed by atoms with Crippen LogP contribution >= 0.6 is 0 Å². The van der Waals surface area contributed by atoms with E-state index >= 15 is 0 Å². The highest BCUT2D eigenvalue weighted by molar-refractivity contribution is 6.83. The fourth-order valence-electron chi connectivity index (χ4n) is 3.06. The zero-order chi connectivity index (χ0) is 18.3.